The highest BCUT2D eigenvalue weighted by atomic mass is 16.4. The minimum atomic E-state index is -1.02. The first-order chi connectivity index (χ1) is 13.9. The van der Waals surface area contributed by atoms with E-state index in [1.807, 2.05) is 6.92 Å². The minimum absolute atomic E-state index is 0.169. The van der Waals surface area contributed by atoms with Crippen LogP contribution in [0.25, 0.3) is 0 Å². The predicted molar refractivity (Wildman–Crippen MR) is 118 cm³/mol. The summed E-state index contributed by atoms with van der Waals surface area (Å²) in [5.74, 6) is 1.49. The van der Waals surface area contributed by atoms with Crippen LogP contribution in [0.15, 0.2) is 0 Å². The molecule has 10 atom stereocenters. The Morgan fingerprint density at radius 1 is 1.07 bits per heavy atom. The first-order valence-corrected chi connectivity index (χ1v) is 12.6. The van der Waals surface area contributed by atoms with E-state index in [1.54, 1.807) is 0 Å². The molecule has 4 heteroatoms. The van der Waals surface area contributed by atoms with Crippen molar-refractivity contribution in [2.75, 3.05) is 0 Å². The van der Waals surface area contributed by atoms with E-state index in [0.29, 0.717) is 24.2 Å². The number of carbonyl (C=O) groups is 1. The smallest absolute Gasteiger partial charge is 0.310 e. The Balaban J connectivity index is 1.74. The van der Waals surface area contributed by atoms with Gasteiger partial charge in [-0.2, -0.15) is 0 Å². The monoisotopic (exact) mass is 420 g/mol. The Kier molecular flexibility index (Phi) is 5.42. The normalized spacial score (nSPS) is 54.0. The Bertz CT molecular complexity index is 689. The molecule has 2 unspecified atom stereocenters. The van der Waals surface area contributed by atoms with Gasteiger partial charge >= 0.3 is 5.97 Å². The largest absolute Gasteiger partial charge is 0.481 e. The lowest BCUT2D eigenvalue weighted by molar-refractivity contribution is -0.251. The average molecular weight is 421 g/mol. The maximum absolute atomic E-state index is 12.7. The summed E-state index contributed by atoms with van der Waals surface area (Å²) in [5.41, 5.74) is -2.10. The van der Waals surface area contributed by atoms with Crippen molar-refractivity contribution in [2.24, 2.45) is 45.8 Å². The molecule has 0 heterocycles. The van der Waals surface area contributed by atoms with Crippen LogP contribution in [0.2, 0.25) is 0 Å². The molecule has 4 fully saturated rings. The van der Waals surface area contributed by atoms with E-state index in [4.69, 9.17) is 0 Å². The van der Waals surface area contributed by atoms with Gasteiger partial charge in [-0.15, -0.1) is 0 Å². The van der Waals surface area contributed by atoms with Crippen LogP contribution in [0.5, 0.6) is 0 Å². The molecule has 0 aliphatic heterocycles. The molecule has 4 saturated carbocycles. The summed E-state index contributed by atoms with van der Waals surface area (Å²) in [6, 6.07) is 0. The van der Waals surface area contributed by atoms with E-state index in [0.717, 1.165) is 19.3 Å². The molecule has 0 spiro atoms. The number of aliphatic hydroxyl groups excluding tert-OH is 1. The fraction of sp³-hybridized carbons (Fsp3) is 0.962. The second-order valence-electron chi connectivity index (χ2n) is 12.5. The van der Waals surface area contributed by atoms with Crippen molar-refractivity contribution in [2.45, 2.75) is 111 Å². The Morgan fingerprint density at radius 3 is 2.40 bits per heavy atom. The highest BCUT2D eigenvalue weighted by molar-refractivity contribution is 5.77. The van der Waals surface area contributed by atoms with Crippen LogP contribution >= 0.6 is 0 Å². The van der Waals surface area contributed by atoms with E-state index in [1.165, 1.54) is 25.7 Å². The van der Waals surface area contributed by atoms with Gasteiger partial charge in [0.2, 0.25) is 0 Å². The fourth-order valence-corrected chi connectivity index (χ4v) is 9.75. The van der Waals surface area contributed by atoms with Gasteiger partial charge in [0.25, 0.3) is 0 Å². The highest BCUT2D eigenvalue weighted by Crippen LogP contribution is 2.73. The number of hydrogen-bond donors (Lipinski definition) is 3. The summed E-state index contributed by atoms with van der Waals surface area (Å²) < 4.78 is 0. The van der Waals surface area contributed by atoms with Gasteiger partial charge < -0.3 is 15.3 Å². The number of hydrogen-bond acceptors (Lipinski definition) is 3. The third kappa shape index (κ3) is 2.88. The zero-order valence-corrected chi connectivity index (χ0v) is 19.8. The van der Waals surface area contributed by atoms with Crippen LogP contribution in [0, 0.1) is 45.8 Å². The lowest BCUT2D eigenvalue weighted by Crippen LogP contribution is -2.68. The number of carboxylic acids is 1. The van der Waals surface area contributed by atoms with Gasteiger partial charge in [-0.05, 0) is 98.7 Å². The summed E-state index contributed by atoms with van der Waals surface area (Å²) in [5, 5.41) is 32.7. The summed E-state index contributed by atoms with van der Waals surface area (Å²) in [6.45, 7) is 11.3. The number of aliphatic carboxylic acids is 1. The van der Waals surface area contributed by atoms with Crippen molar-refractivity contribution in [3.05, 3.63) is 0 Å². The van der Waals surface area contributed by atoms with Crippen LogP contribution in [-0.4, -0.2) is 33.0 Å². The molecule has 4 aliphatic carbocycles. The van der Waals surface area contributed by atoms with E-state index < -0.39 is 23.1 Å². The number of fused-ring (bicyclic) bond motifs is 5. The molecule has 172 valence electrons. The summed E-state index contributed by atoms with van der Waals surface area (Å²) >= 11 is 0. The molecule has 0 aromatic heterocycles. The molecule has 3 N–H and O–H groups in total. The van der Waals surface area contributed by atoms with Crippen LogP contribution in [0.4, 0.5) is 0 Å². The van der Waals surface area contributed by atoms with Crippen LogP contribution in [-0.2, 0) is 4.79 Å². The average Bonchev–Trinajstić information content (AvgIpc) is 3.00. The Labute approximate surface area is 182 Å². The van der Waals surface area contributed by atoms with E-state index in [2.05, 4.69) is 27.7 Å². The fourth-order valence-electron chi connectivity index (χ4n) is 9.75. The van der Waals surface area contributed by atoms with Gasteiger partial charge in [0.1, 0.15) is 0 Å². The lowest BCUT2D eigenvalue weighted by atomic mass is 9.37. The molecule has 0 aromatic carbocycles. The molecule has 4 nitrogen and oxygen atoms in total. The van der Waals surface area contributed by atoms with Crippen molar-refractivity contribution in [1.82, 2.24) is 0 Å². The maximum Gasteiger partial charge on any atom is 0.310 e. The Morgan fingerprint density at radius 2 is 1.77 bits per heavy atom. The zero-order valence-electron chi connectivity index (χ0n) is 19.8. The van der Waals surface area contributed by atoms with Crippen LogP contribution in [0.1, 0.15) is 98.8 Å². The van der Waals surface area contributed by atoms with Gasteiger partial charge in [0, 0.05) is 0 Å². The van der Waals surface area contributed by atoms with Gasteiger partial charge in [-0.25, -0.2) is 0 Å². The third-order valence-corrected chi connectivity index (χ3v) is 11.1. The van der Waals surface area contributed by atoms with Gasteiger partial charge in [0.05, 0.1) is 17.1 Å². The van der Waals surface area contributed by atoms with Gasteiger partial charge in [-0.3, -0.25) is 4.79 Å². The second kappa shape index (κ2) is 7.20. The third-order valence-electron chi connectivity index (χ3n) is 11.1. The lowest BCUT2D eigenvalue weighted by Gasteiger charge is -2.68. The predicted octanol–water partition coefficient (Wildman–Crippen LogP) is 5.26. The number of rotatable bonds is 4. The summed E-state index contributed by atoms with van der Waals surface area (Å²) in [4.78, 5) is 12.7. The highest BCUT2D eigenvalue weighted by Gasteiger charge is 2.72. The second-order valence-corrected chi connectivity index (χ2v) is 12.5. The summed E-state index contributed by atoms with van der Waals surface area (Å²) in [6.07, 6.45) is 8.55. The molecule has 0 aromatic rings. The molecule has 30 heavy (non-hydrogen) atoms. The van der Waals surface area contributed by atoms with Crippen molar-refractivity contribution in [3.63, 3.8) is 0 Å². The van der Waals surface area contributed by atoms with E-state index in [-0.39, 0.29) is 35.5 Å². The van der Waals surface area contributed by atoms with Gasteiger partial charge in [-0.1, -0.05) is 40.5 Å². The van der Waals surface area contributed by atoms with E-state index in [9.17, 15) is 20.1 Å². The molecule has 4 rings (SSSR count). The van der Waals surface area contributed by atoms with Crippen molar-refractivity contribution in [1.29, 1.82) is 0 Å². The molecular formula is C26H44O4. The molecule has 0 amide bonds. The van der Waals surface area contributed by atoms with Crippen molar-refractivity contribution >= 4 is 5.97 Å². The maximum atomic E-state index is 12.7. The SMILES string of the molecule is CCC[C@@H](C)[C@H]1CC[C@H]2[C@H]3[C@H](CC[C@]12C)[C@@]1(C)CC[C@@H](O)CC1(C(=O)O)CC3(C)O. The van der Waals surface area contributed by atoms with Crippen molar-refractivity contribution in [3.8, 4) is 0 Å². The molecular weight excluding hydrogens is 376 g/mol. The van der Waals surface area contributed by atoms with Crippen LogP contribution in [0.3, 0.4) is 0 Å². The topological polar surface area (TPSA) is 77.8 Å². The first kappa shape index (κ1) is 22.6. The van der Waals surface area contributed by atoms with Crippen molar-refractivity contribution < 1.29 is 20.1 Å². The quantitative estimate of drug-likeness (QED) is 0.580. The number of aliphatic hydroxyl groups is 2. The summed E-state index contributed by atoms with van der Waals surface area (Å²) in [7, 11) is 0. The zero-order chi connectivity index (χ0) is 22.1. The molecule has 0 radical (unpaired) electrons. The minimum Gasteiger partial charge on any atom is -0.481 e. The van der Waals surface area contributed by atoms with Crippen LogP contribution < -0.4 is 0 Å². The first-order valence-electron chi connectivity index (χ1n) is 12.6. The number of carboxylic acid groups (broad SMARTS) is 1. The standard InChI is InChI=1S/C26H44O4/c1-6-7-16(2)18-8-9-19-21-20(11-12-23(18,19)3)24(4)13-10-17(27)14-26(24,22(28)29)15-25(21,5)30/h16-21,27,30H,6-15H2,1-5H3,(H,28,29)/t16-,17-,18-,19+,20+,21+,23-,24-,25?,26?/m1/s1. The molecule has 0 bridgehead atoms. The molecule has 4 aliphatic rings. The molecule has 0 saturated heterocycles. The van der Waals surface area contributed by atoms with E-state index >= 15 is 0 Å². The van der Waals surface area contributed by atoms with Gasteiger partial charge in [0.15, 0.2) is 0 Å². The Hall–Kier alpha value is -0.610.